The number of furan rings is 1. The summed E-state index contributed by atoms with van der Waals surface area (Å²) in [7, 11) is 0. The summed E-state index contributed by atoms with van der Waals surface area (Å²) in [6.07, 6.45) is 5.01. The largest absolute Gasteiger partial charge is 0.463 e. The summed E-state index contributed by atoms with van der Waals surface area (Å²) < 4.78 is 5.28. The van der Waals surface area contributed by atoms with Crippen LogP contribution in [-0.2, 0) is 0 Å². The number of carbonyl (C=O) groups is 1. The Balaban J connectivity index is 1.63. The number of carbonyl (C=O) groups excluding carboxylic acids is 1. The van der Waals surface area contributed by atoms with E-state index in [4.69, 9.17) is 4.42 Å². The van der Waals surface area contributed by atoms with Gasteiger partial charge in [0.05, 0.1) is 23.7 Å². The van der Waals surface area contributed by atoms with Crippen molar-refractivity contribution in [1.29, 1.82) is 0 Å². The van der Waals surface area contributed by atoms with Gasteiger partial charge in [-0.15, -0.1) is 0 Å². The number of aromatic nitrogens is 2. The van der Waals surface area contributed by atoms with Gasteiger partial charge in [0.15, 0.2) is 0 Å². The van der Waals surface area contributed by atoms with E-state index < -0.39 is 5.56 Å². The molecule has 4 heterocycles. The van der Waals surface area contributed by atoms with Gasteiger partial charge in [-0.3, -0.25) is 14.6 Å². The highest BCUT2D eigenvalue weighted by Gasteiger charge is 2.32. The molecule has 6 heteroatoms. The van der Waals surface area contributed by atoms with Crippen molar-refractivity contribution < 1.29 is 9.21 Å². The zero-order valence-corrected chi connectivity index (χ0v) is 13.5. The molecule has 0 radical (unpaired) electrons. The van der Waals surface area contributed by atoms with Crippen LogP contribution in [0.3, 0.4) is 0 Å². The van der Waals surface area contributed by atoms with Crippen LogP contribution >= 0.6 is 0 Å². The summed E-state index contributed by atoms with van der Waals surface area (Å²) >= 11 is 0. The minimum absolute atomic E-state index is 0.0853. The zero-order chi connectivity index (χ0) is 17.2. The molecule has 3 aromatic rings. The maximum absolute atomic E-state index is 12.9. The average Bonchev–Trinajstić information content (AvgIpc) is 3.33. The summed E-state index contributed by atoms with van der Waals surface area (Å²) in [5.41, 5.74) is 1.13. The van der Waals surface area contributed by atoms with Crippen LogP contribution in [0.4, 0.5) is 0 Å². The molecule has 4 rings (SSSR count). The van der Waals surface area contributed by atoms with Gasteiger partial charge >= 0.3 is 0 Å². The SMILES string of the molecule is O=C(c1ccc(-c2ccco2)[nH]c1=O)N1CCC[C@H]1c1ccccn1. The van der Waals surface area contributed by atoms with Crippen molar-refractivity contribution in [1.82, 2.24) is 14.9 Å². The molecule has 0 aromatic carbocycles. The summed E-state index contributed by atoms with van der Waals surface area (Å²) in [5.74, 6) is 0.295. The Morgan fingerprint density at radius 3 is 2.84 bits per heavy atom. The Morgan fingerprint density at radius 1 is 1.20 bits per heavy atom. The van der Waals surface area contributed by atoms with Crippen molar-refractivity contribution in [3.05, 3.63) is 76.5 Å². The van der Waals surface area contributed by atoms with Gasteiger partial charge in [-0.2, -0.15) is 0 Å². The van der Waals surface area contributed by atoms with Crippen LogP contribution in [0.1, 0.15) is 34.9 Å². The first-order valence-electron chi connectivity index (χ1n) is 8.23. The van der Waals surface area contributed by atoms with Crippen molar-refractivity contribution in [2.45, 2.75) is 18.9 Å². The number of amides is 1. The number of aromatic amines is 1. The summed E-state index contributed by atoms with van der Waals surface area (Å²) in [6.45, 7) is 0.624. The van der Waals surface area contributed by atoms with Crippen LogP contribution in [0.25, 0.3) is 11.5 Å². The molecule has 1 aliphatic heterocycles. The molecular formula is C19H17N3O3. The first-order chi connectivity index (χ1) is 12.2. The predicted molar refractivity (Wildman–Crippen MR) is 92.0 cm³/mol. The maximum Gasteiger partial charge on any atom is 0.261 e. The quantitative estimate of drug-likeness (QED) is 0.798. The molecule has 1 atom stereocenters. The minimum atomic E-state index is -0.412. The van der Waals surface area contributed by atoms with Crippen molar-refractivity contribution >= 4 is 5.91 Å². The van der Waals surface area contributed by atoms with E-state index in [1.165, 1.54) is 6.26 Å². The van der Waals surface area contributed by atoms with Crippen LogP contribution < -0.4 is 5.56 Å². The van der Waals surface area contributed by atoms with E-state index in [9.17, 15) is 9.59 Å². The molecule has 1 saturated heterocycles. The van der Waals surface area contributed by atoms with E-state index in [0.29, 0.717) is 18.0 Å². The highest BCUT2D eigenvalue weighted by Crippen LogP contribution is 2.31. The van der Waals surface area contributed by atoms with Crippen LogP contribution in [0, 0.1) is 0 Å². The third kappa shape index (κ3) is 2.87. The molecule has 1 aliphatic rings. The molecule has 0 spiro atoms. The molecule has 0 unspecified atom stereocenters. The Bertz CT molecular complexity index is 932. The molecule has 25 heavy (non-hydrogen) atoms. The van der Waals surface area contributed by atoms with Crippen molar-refractivity contribution in [3.8, 4) is 11.5 Å². The van der Waals surface area contributed by atoms with Crippen LogP contribution in [0.5, 0.6) is 0 Å². The van der Waals surface area contributed by atoms with Gasteiger partial charge in [0.2, 0.25) is 0 Å². The van der Waals surface area contributed by atoms with Gasteiger partial charge in [0, 0.05) is 12.7 Å². The minimum Gasteiger partial charge on any atom is -0.463 e. The summed E-state index contributed by atoms with van der Waals surface area (Å²) in [6, 6.07) is 12.3. The molecule has 0 aliphatic carbocycles. The van der Waals surface area contributed by atoms with E-state index in [1.54, 1.807) is 35.4 Å². The zero-order valence-electron chi connectivity index (χ0n) is 13.5. The number of rotatable bonds is 3. The lowest BCUT2D eigenvalue weighted by atomic mass is 10.1. The molecular weight excluding hydrogens is 318 g/mol. The van der Waals surface area contributed by atoms with Gasteiger partial charge in [-0.25, -0.2) is 0 Å². The summed E-state index contributed by atoms with van der Waals surface area (Å²) in [5, 5.41) is 0. The number of nitrogens with one attached hydrogen (secondary N) is 1. The third-order valence-electron chi connectivity index (χ3n) is 4.47. The molecule has 126 valence electrons. The van der Waals surface area contributed by atoms with E-state index >= 15 is 0 Å². The Labute approximate surface area is 144 Å². The monoisotopic (exact) mass is 335 g/mol. The fraction of sp³-hybridized carbons (Fsp3) is 0.211. The van der Waals surface area contributed by atoms with Crippen molar-refractivity contribution in [3.63, 3.8) is 0 Å². The summed E-state index contributed by atoms with van der Waals surface area (Å²) in [4.78, 5) is 34.1. The molecule has 1 amide bonds. The van der Waals surface area contributed by atoms with E-state index in [-0.39, 0.29) is 17.5 Å². The van der Waals surface area contributed by atoms with Gasteiger partial charge in [0.1, 0.15) is 11.3 Å². The normalized spacial score (nSPS) is 17.0. The Kier molecular flexibility index (Phi) is 3.93. The number of hydrogen-bond donors (Lipinski definition) is 1. The molecule has 6 nitrogen and oxygen atoms in total. The topological polar surface area (TPSA) is 79.2 Å². The van der Waals surface area contributed by atoms with Gasteiger partial charge < -0.3 is 14.3 Å². The first kappa shape index (κ1) is 15.4. The smallest absolute Gasteiger partial charge is 0.261 e. The van der Waals surface area contributed by atoms with Gasteiger partial charge in [0.25, 0.3) is 11.5 Å². The van der Waals surface area contributed by atoms with E-state index in [1.807, 2.05) is 18.2 Å². The number of pyridine rings is 2. The second-order valence-electron chi connectivity index (χ2n) is 6.00. The molecule has 0 saturated carbocycles. The standard InChI is InChI=1S/C19H17N3O3/c23-18-13(8-9-15(21-18)17-7-4-12-25-17)19(24)22-11-3-6-16(22)14-5-1-2-10-20-14/h1-2,4-5,7-10,12,16H,3,6,11H2,(H,21,23)/t16-/m0/s1. The third-order valence-corrected chi connectivity index (χ3v) is 4.47. The lowest BCUT2D eigenvalue weighted by Gasteiger charge is -2.24. The van der Waals surface area contributed by atoms with E-state index in [2.05, 4.69) is 9.97 Å². The molecule has 1 N–H and O–H groups in total. The van der Waals surface area contributed by atoms with Crippen molar-refractivity contribution in [2.75, 3.05) is 6.54 Å². The number of likely N-dealkylation sites (tertiary alicyclic amines) is 1. The molecule has 1 fully saturated rings. The number of hydrogen-bond acceptors (Lipinski definition) is 4. The first-order valence-corrected chi connectivity index (χ1v) is 8.23. The lowest BCUT2D eigenvalue weighted by Crippen LogP contribution is -2.34. The van der Waals surface area contributed by atoms with Crippen LogP contribution in [-0.4, -0.2) is 27.3 Å². The van der Waals surface area contributed by atoms with Gasteiger partial charge in [-0.1, -0.05) is 6.07 Å². The van der Waals surface area contributed by atoms with E-state index in [0.717, 1.165) is 18.5 Å². The Hall–Kier alpha value is -3.15. The lowest BCUT2D eigenvalue weighted by molar-refractivity contribution is 0.0731. The second kappa shape index (κ2) is 6.39. The molecule has 3 aromatic heterocycles. The molecule has 0 bridgehead atoms. The second-order valence-corrected chi connectivity index (χ2v) is 6.00. The maximum atomic E-state index is 12.9. The fourth-order valence-electron chi connectivity index (χ4n) is 3.26. The van der Waals surface area contributed by atoms with Gasteiger partial charge in [-0.05, 0) is 49.2 Å². The highest BCUT2D eigenvalue weighted by atomic mass is 16.3. The predicted octanol–water partition coefficient (Wildman–Crippen LogP) is 3.01. The van der Waals surface area contributed by atoms with Crippen LogP contribution in [0.15, 0.2) is 64.1 Å². The number of H-pyrrole nitrogens is 1. The number of nitrogens with zero attached hydrogens (tertiary/aromatic N) is 2. The Morgan fingerprint density at radius 2 is 2.12 bits per heavy atom. The highest BCUT2D eigenvalue weighted by molar-refractivity contribution is 5.94. The fourth-order valence-corrected chi connectivity index (χ4v) is 3.26. The van der Waals surface area contributed by atoms with Crippen LogP contribution in [0.2, 0.25) is 0 Å². The average molecular weight is 335 g/mol. The van der Waals surface area contributed by atoms with Crippen molar-refractivity contribution in [2.24, 2.45) is 0 Å².